The van der Waals surface area contributed by atoms with Crippen LogP contribution in [-0.4, -0.2) is 20.3 Å². The fraction of sp³-hybridized carbons (Fsp3) is 0.615. The van der Waals surface area contributed by atoms with E-state index in [0.29, 0.717) is 0 Å². The van der Waals surface area contributed by atoms with Gasteiger partial charge in [-0.3, -0.25) is 4.79 Å². The van der Waals surface area contributed by atoms with E-state index >= 15 is 0 Å². The lowest BCUT2D eigenvalue weighted by atomic mass is 10.0. The standard InChI is InChI=1S/C13H21NO3Si/c1-4-18(5-2,6-3)17-12-11(14-13(12)15)10-8-7-9-16-10/h7-9,11-12H,4-6H2,1-3H3,(H,14,15)/t11-,12+/m1/s1. The monoisotopic (exact) mass is 267 g/mol. The van der Waals surface area contributed by atoms with Gasteiger partial charge in [0.05, 0.1) is 6.26 Å². The Kier molecular flexibility index (Phi) is 3.92. The van der Waals surface area contributed by atoms with Crippen LogP contribution in [0.25, 0.3) is 0 Å². The number of amides is 1. The first-order valence-electron chi connectivity index (χ1n) is 6.67. The van der Waals surface area contributed by atoms with Crippen molar-refractivity contribution in [2.45, 2.75) is 51.0 Å². The zero-order chi connectivity index (χ0) is 13.2. The molecule has 5 heteroatoms. The third kappa shape index (κ3) is 2.24. The topological polar surface area (TPSA) is 51.5 Å². The van der Waals surface area contributed by atoms with Crippen LogP contribution in [0.2, 0.25) is 18.1 Å². The van der Waals surface area contributed by atoms with Crippen LogP contribution in [-0.2, 0) is 9.22 Å². The van der Waals surface area contributed by atoms with E-state index < -0.39 is 8.32 Å². The first kappa shape index (κ1) is 13.4. The quantitative estimate of drug-likeness (QED) is 0.637. The van der Waals surface area contributed by atoms with E-state index in [1.165, 1.54) is 0 Å². The summed E-state index contributed by atoms with van der Waals surface area (Å²) in [5.41, 5.74) is 0. The Hall–Kier alpha value is -1.07. The van der Waals surface area contributed by atoms with E-state index in [1.54, 1.807) is 6.26 Å². The molecule has 1 amide bonds. The average molecular weight is 267 g/mol. The van der Waals surface area contributed by atoms with Crippen LogP contribution in [0.4, 0.5) is 0 Å². The molecule has 1 aromatic heterocycles. The van der Waals surface area contributed by atoms with Gasteiger partial charge in [-0.15, -0.1) is 0 Å². The number of carbonyl (C=O) groups excluding carboxylic acids is 1. The van der Waals surface area contributed by atoms with Crippen molar-refractivity contribution >= 4 is 14.2 Å². The molecule has 2 rings (SSSR count). The number of β-lactam (4-membered cyclic amide) rings is 1. The number of carbonyl (C=O) groups is 1. The molecule has 0 saturated carbocycles. The maximum atomic E-state index is 11.7. The molecule has 18 heavy (non-hydrogen) atoms. The Bertz CT molecular complexity index is 392. The highest BCUT2D eigenvalue weighted by Gasteiger charge is 2.47. The molecule has 1 aliphatic heterocycles. The van der Waals surface area contributed by atoms with Gasteiger partial charge in [0.15, 0.2) is 14.4 Å². The van der Waals surface area contributed by atoms with E-state index in [9.17, 15) is 4.79 Å². The molecule has 0 spiro atoms. The van der Waals surface area contributed by atoms with Crippen molar-refractivity contribution in [3.8, 4) is 0 Å². The average Bonchev–Trinajstić information content (AvgIpc) is 2.91. The number of nitrogens with one attached hydrogen (secondary N) is 1. The Morgan fingerprint density at radius 1 is 1.33 bits per heavy atom. The molecule has 2 atom stereocenters. The SMILES string of the molecule is CC[Si](CC)(CC)O[C@@H]1C(=O)N[C@@H]1c1ccco1. The van der Waals surface area contributed by atoms with Crippen LogP contribution < -0.4 is 5.32 Å². The van der Waals surface area contributed by atoms with Gasteiger partial charge >= 0.3 is 0 Å². The van der Waals surface area contributed by atoms with Gasteiger partial charge in [0.1, 0.15) is 11.8 Å². The second kappa shape index (κ2) is 5.28. The van der Waals surface area contributed by atoms with Gasteiger partial charge in [0, 0.05) is 0 Å². The molecule has 4 nitrogen and oxygen atoms in total. The number of rotatable bonds is 6. The molecule has 0 bridgehead atoms. The zero-order valence-corrected chi connectivity index (χ0v) is 12.2. The predicted octanol–water partition coefficient (Wildman–Crippen LogP) is 2.84. The van der Waals surface area contributed by atoms with E-state index in [4.69, 9.17) is 8.84 Å². The van der Waals surface area contributed by atoms with Gasteiger partial charge < -0.3 is 14.2 Å². The third-order valence-electron chi connectivity index (χ3n) is 4.02. The van der Waals surface area contributed by atoms with Crippen molar-refractivity contribution in [2.24, 2.45) is 0 Å². The molecule has 0 radical (unpaired) electrons. The second-order valence-electron chi connectivity index (χ2n) is 4.78. The molecule has 1 fully saturated rings. The van der Waals surface area contributed by atoms with Gasteiger partial charge in [-0.2, -0.15) is 0 Å². The van der Waals surface area contributed by atoms with E-state index in [2.05, 4.69) is 26.1 Å². The third-order valence-corrected chi connectivity index (χ3v) is 8.64. The van der Waals surface area contributed by atoms with Crippen LogP contribution in [0.15, 0.2) is 22.8 Å². The minimum absolute atomic E-state index is 0.0105. The Morgan fingerprint density at radius 2 is 2.00 bits per heavy atom. The lowest BCUT2D eigenvalue weighted by Gasteiger charge is -2.41. The molecular weight excluding hydrogens is 246 g/mol. The van der Waals surface area contributed by atoms with Gasteiger partial charge in [-0.05, 0) is 30.3 Å². The summed E-state index contributed by atoms with van der Waals surface area (Å²) in [7, 11) is -1.75. The molecular formula is C13H21NO3Si. The van der Waals surface area contributed by atoms with E-state index in [0.717, 1.165) is 23.9 Å². The highest BCUT2D eigenvalue weighted by atomic mass is 28.4. The normalized spacial score (nSPS) is 23.6. The van der Waals surface area contributed by atoms with Crippen LogP contribution in [0.3, 0.4) is 0 Å². The number of hydrogen-bond acceptors (Lipinski definition) is 3. The van der Waals surface area contributed by atoms with Crippen molar-refractivity contribution in [2.75, 3.05) is 0 Å². The van der Waals surface area contributed by atoms with Crippen molar-refractivity contribution in [3.05, 3.63) is 24.2 Å². The maximum absolute atomic E-state index is 11.7. The van der Waals surface area contributed by atoms with Gasteiger partial charge in [0.25, 0.3) is 5.91 Å². The molecule has 1 N–H and O–H groups in total. The summed E-state index contributed by atoms with van der Waals surface area (Å²) in [6, 6.07) is 6.76. The molecule has 100 valence electrons. The van der Waals surface area contributed by atoms with Crippen LogP contribution >= 0.6 is 0 Å². The first-order valence-corrected chi connectivity index (χ1v) is 9.20. The fourth-order valence-electron chi connectivity index (χ4n) is 2.45. The molecule has 0 unspecified atom stereocenters. The van der Waals surface area contributed by atoms with Crippen molar-refractivity contribution in [1.29, 1.82) is 0 Å². The zero-order valence-electron chi connectivity index (χ0n) is 11.2. The van der Waals surface area contributed by atoms with Gasteiger partial charge in [0.2, 0.25) is 0 Å². The van der Waals surface area contributed by atoms with Gasteiger partial charge in [-0.25, -0.2) is 0 Å². The Morgan fingerprint density at radius 3 is 2.44 bits per heavy atom. The summed E-state index contributed by atoms with van der Waals surface area (Å²) >= 11 is 0. The second-order valence-corrected chi connectivity index (χ2v) is 9.51. The summed E-state index contributed by atoms with van der Waals surface area (Å²) in [5.74, 6) is 0.773. The number of hydrogen-bond donors (Lipinski definition) is 1. The lowest BCUT2D eigenvalue weighted by Crippen LogP contribution is -2.60. The molecule has 0 aromatic carbocycles. The summed E-state index contributed by atoms with van der Waals surface area (Å²) in [6.07, 6.45) is 1.27. The summed E-state index contributed by atoms with van der Waals surface area (Å²) < 4.78 is 11.6. The molecule has 2 heterocycles. The summed E-state index contributed by atoms with van der Waals surface area (Å²) in [5, 5.41) is 2.85. The Balaban J connectivity index is 2.09. The van der Waals surface area contributed by atoms with Crippen molar-refractivity contribution < 1.29 is 13.6 Å². The highest BCUT2D eigenvalue weighted by Crippen LogP contribution is 2.33. The van der Waals surface area contributed by atoms with Crippen LogP contribution in [0, 0.1) is 0 Å². The minimum atomic E-state index is -1.75. The fourth-order valence-corrected chi connectivity index (χ4v) is 5.23. The van der Waals surface area contributed by atoms with Gasteiger partial charge in [-0.1, -0.05) is 20.8 Å². The predicted molar refractivity (Wildman–Crippen MR) is 71.7 cm³/mol. The molecule has 1 aromatic rings. The maximum Gasteiger partial charge on any atom is 0.251 e. The smallest absolute Gasteiger partial charge is 0.251 e. The first-order chi connectivity index (χ1) is 8.65. The van der Waals surface area contributed by atoms with Crippen LogP contribution in [0.1, 0.15) is 32.6 Å². The largest absolute Gasteiger partial charge is 0.467 e. The van der Waals surface area contributed by atoms with E-state index in [-0.39, 0.29) is 18.1 Å². The number of furan rings is 1. The Labute approximate surface area is 109 Å². The summed E-state index contributed by atoms with van der Waals surface area (Å²) in [4.78, 5) is 11.7. The highest BCUT2D eigenvalue weighted by molar-refractivity contribution is 6.73. The summed E-state index contributed by atoms with van der Waals surface area (Å²) in [6.45, 7) is 6.49. The van der Waals surface area contributed by atoms with Crippen molar-refractivity contribution in [3.63, 3.8) is 0 Å². The van der Waals surface area contributed by atoms with E-state index in [1.807, 2.05) is 12.1 Å². The lowest BCUT2D eigenvalue weighted by molar-refractivity contribution is -0.142. The van der Waals surface area contributed by atoms with Crippen LogP contribution in [0.5, 0.6) is 0 Å². The molecule has 1 saturated heterocycles. The molecule has 0 aliphatic carbocycles. The minimum Gasteiger partial charge on any atom is -0.467 e. The van der Waals surface area contributed by atoms with Crippen molar-refractivity contribution in [1.82, 2.24) is 5.32 Å². The molecule has 1 aliphatic rings.